The number of nitrogens with zero attached hydrogens (tertiary/aromatic N) is 9. The maximum absolute atomic E-state index is 15.6. The molecule has 4 aromatic carbocycles. The van der Waals surface area contributed by atoms with Gasteiger partial charge >= 0.3 is 6.03 Å². The smallest absolute Gasteiger partial charge is 0.326 e. The highest BCUT2D eigenvalue weighted by molar-refractivity contribution is 6.30. The van der Waals surface area contributed by atoms with Gasteiger partial charge in [-0.2, -0.15) is 5.10 Å². The first-order chi connectivity index (χ1) is 40.7. The number of hydrogen-bond donors (Lipinski definition) is 1. The molecule has 3 atom stereocenters. The molecular weight excluding hydrogens is 1110 g/mol. The highest BCUT2D eigenvalue weighted by atomic mass is 35.5. The van der Waals surface area contributed by atoms with Gasteiger partial charge in [-0.15, -0.1) is 0 Å². The first-order valence-corrected chi connectivity index (χ1v) is 31.3. The second-order valence-corrected chi connectivity index (χ2v) is 25.8. The Balaban J connectivity index is 0.715. The third-order valence-electron chi connectivity index (χ3n) is 18.3. The number of benzene rings is 4. The first kappa shape index (κ1) is 61.3. The summed E-state index contributed by atoms with van der Waals surface area (Å²) in [6, 6.07) is 28.0. The highest BCUT2D eigenvalue weighted by Crippen LogP contribution is 2.54. The van der Waals surface area contributed by atoms with E-state index < -0.39 is 11.1 Å². The molecule has 17 heteroatoms. The number of carbonyl (C=O) groups excluding carboxylic acids is 3. The second kappa shape index (κ2) is 25.6. The molecular formula is C68H83Cl2FN10O4. The second-order valence-electron chi connectivity index (χ2n) is 25.0. The normalized spacial score (nSPS) is 20.0. The number of nitrogens with two attached hydrogens (primary N) is 1. The Bertz CT molecular complexity index is 3450. The largest absolute Gasteiger partial charge is 0.493 e. The lowest BCUT2D eigenvalue weighted by Gasteiger charge is -2.47. The molecule has 4 aliphatic heterocycles. The van der Waals surface area contributed by atoms with Crippen molar-refractivity contribution in [2.75, 3.05) is 63.6 Å². The average molecular weight is 1190 g/mol. The lowest BCUT2D eigenvalue weighted by Crippen LogP contribution is -2.60. The molecule has 4 aliphatic rings. The molecule has 2 saturated heterocycles. The fraction of sp³-hybridized carbons (Fsp3) is 0.471. The lowest BCUT2D eigenvalue weighted by molar-refractivity contribution is -0.119. The Morgan fingerprint density at radius 3 is 2.15 bits per heavy atom. The van der Waals surface area contributed by atoms with Gasteiger partial charge in [-0.1, -0.05) is 100.0 Å². The number of aromatic nitrogens is 3. The van der Waals surface area contributed by atoms with Gasteiger partial charge in [-0.05, 0) is 155 Å². The van der Waals surface area contributed by atoms with Crippen LogP contribution < -0.4 is 15.4 Å². The molecule has 0 unspecified atom stereocenters. The number of nitrogen functional groups attached to an aromatic ring is 1. The van der Waals surface area contributed by atoms with Gasteiger partial charge in [0.25, 0.3) is 5.91 Å². The molecule has 10 rings (SSSR count). The van der Waals surface area contributed by atoms with Crippen LogP contribution in [0.4, 0.5) is 20.7 Å². The van der Waals surface area contributed by atoms with Gasteiger partial charge in [0.05, 0.1) is 36.1 Å². The van der Waals surface area contributed by atoms with Gasteiger partial charge in [0.2, 0.25) is 0 Å². The summed E-state index contributed by atoms with van der Waals surface area (Å²) >= 11 is 13.0. The van der Waals surface area contributed by atoms with E-state index in [1.165, 1.54) is 12.1 Å². The summed E-state index contributed by atoms with van der Waals surface area (Å²) in [7, 11) is 1.76. The zero-order valence-electron chi connectivity index (χ0n) is 50.8. The number of pyridine rings is 1. The SMILES string of the molecule is CCOc1cc(C(C)(C)C)ccc1C1=N[C@@](C)(c2ccc(Cl)cc2)[C@@](C)(c2ccc(Cl)cc2)N1C(=O)N1CCN(CCCCCCCCC(=O)CCCn2nc3c(c2C)-c2cnc(N)c(c2)N2CCC[C@@H]2c2cc(F)ccc2C(=O)N(C)C3)CC1. The number of fused-ring (bicyclic) bond motifs is 8. The molecule has 2 aromatic heterocycles. The summed E-state index contributed by atoms with van der Waals surface area (Å²) < 4.78 is 23.2. The van der Waals surface area contributed by atoms with Gasteiger partial charge < -0.3 is 25.2 Å². The van der Waals surface area contributed by atoms with Crippen molar-refractivity contribution < 1.29 is 23.5 Å². The van der Waals surface area contributed by atoms with Crippen LogP contribution in [0.15, 0.2) is 102 Å². The number of aryl methyl sites for hydroxylation is 1. The number of anilines is 2. The predicted octanol–water partition coefficient (Wildman–Crippen LogP) is 14.3. The summed E-state index contributed by atoms with van der Waals surface area (Å²) in [5, 5.41) is 6.27. The van der Waals surface area contributed by atoms with Crippen molar-refractivity contribution in [3.8, 4) is 16.9 Å². The van der Waals surface area contributed by atoms with Crippen molar-refractivity contribution in [2.45, 2.75) is 155 Å². The molecule has 85 heavy (non-hydrogen) atoms. The van der Waals surface area contributed by atoms with E-state index in [0.29, 0.717) is 90.6 Å². The van der Waals surface area contributed by atoms with Gasteiger partial charge in [0, 0.05) is 97.8 Å². The fourth-order valence-corrected chi connectivity index (χ4v) is 13.5. The number of Topliss-reactive ketones (excluding diaryl/α,β-unsaturated/α-hetero) is 1. The highest BCUT2D eigenvalue weighted by Gasteiger charge is 2.60. The van der Waals surface area contributed by atoms with E-state index >= 15 is 4.79 Å². The van der Waals surface area contributed by atoms with E-state index in [0.717, 1.165) is 121 Å². The molecule has 0 saturated carbocycles. The molecule has 14 nitrogen and oxygen atoms in total. The fourth-order valence-electron chi connectivity index (χ4n) is 13.3. The van der Waals surface area contributed by atoms with Crippen molar-refractivity contribution in [1.29, 1.82) is 0 Å². The molecule has 0 aliphatic carbocycles. The third-order valence-corrected chi connectivity index (χ3v) is 18.8. The van der Waals surface area contributed by atoms with Gasteiger partial charge in [0.1, 0.15) is 40.1 Å². The first-order valence-electron chi connectivity index (χ1n) is 30.6. The Morgan fingerprint density at radius 2 is 1.46 bits per heavy atom. The Morgan fingerprint density at radius 1 is 0.800 bits per heavy atom. The van der Waals surface area contributed by atoms with Crippen LogP contribution in [-0.4, -0.2) is 111 Å². The van der Waals surface area contributed by atoms with Crippen molar-refractivity contribution in [3.63, 3.8) is 0 Å². The number of urea groups is 1. The minimum Gasteiger partial charge on any atom is -0.493 e. The topological polar surface area (TPSA) is 146 Å². The Kier molecular flexibility index (Phi) is 18.5. The monoisotopic (exact) mass is 1190 g/mol. The van der Waals surface area contributed by atoms with E-state index in [1.54, 1.807) is 24.2 Å². The summed E-state index contributed by atoms with van der Waals surface area (Å²) in [4.78, 5) is 63.4. The van der Waals surface area contributed by atoms with Crippen LogP contribution in [-0.2, 0) is 34.4 Å². The summed E-state index contributed by atoms with van der Waals surface area (Å²) in [6.45, 7) is 20.4. The number of ketones is 1. The van der Waals surface area contributed by atoms with E-state index in [2.05, 4.69) is 73.7 Å². The van der Waals surface area contributed by atoms with Crippen LogP contribution in [0.25, 0.3) is 11.1 Å². The molecule has 3 amide bonds. The van der Waals surface area contributed by atoms with Crippen molar-refractivity contribution in [1.82, 2.24) is 34.4 Å². The summed E-state index contributed by atoms with van der Waals surface area (Å²) in [6.07, 6.45) is 11.3. The number of hydrogen-bond acceptors (Lipinski definition) is 10. The van der Waals surface area contributed by atoms with E-state index in [9.17, 15) is 14.0 Å². The number of aliphatic imine (C=N–C) groups is 1. The summed E-state index contributed by atoms with van der Waals surface area (Å²) in [5.41, 5.74) is 13.5. The summed E-state index contributed by atoms with van der Waals surface area (Å²) in [5.74, 6) is 1.31. The van der Waals surface area contributed by atoms with Gasteiger partial charge in [-0.25, -0.2) is 14.2 Å². The molecule has 2 fully saturated rings. The van der Waals surface area contributed by atoms with Crippen LogP contribution in [0.2, 0.25) is 10.0 Å². The van der Waals surface area contributed by atoms with E-state index in [4.69, 9.17) is 43.8 Å². The number of carbonyl (C=O) groups is 3. The van der Waals surface area contributed by atoms with Crippen LogP contribution >= 0.6 is 23.2 Å². The van der Waals surface area contributed by atoms with Gasteiger partial charge in [-0.3, -0.25) is 29.1 Å². The van der Waals surface area contributed by atoms with Gasteiger partial charge in [0.15, 0.2) is 0 Å². The molecule has 6 heterocycles. The minimum absolute atomic E-state index is 0.106. The number of ether oxygens (including phenoxy) is 1. The van der Waals surface area contributed by atoms with Crippen LogP contribution in [0.1, 0.15) is 168 Å². The zero-order chi connectivity index (χ0) is 60.4. The third kappa shape index (κ3) is 12.6. The number of halogens is 3. The molecule has 450 valence electrons. The zero-order valence-corrected chi connectivity index (χ0v) is 52.3. The minimum atomic E-state index is -1.00. The molecule has 0 spiro atoms. The lowest BCUT2D eigenvalue weighted by atomic mass is 9.71. The van der Waals surface area contributed by atoms with E-state index in [-0.39, 0.29) is 41.5 Å². The number of rotatable bonds is 18. The number of amides is 3. The maximum Gasteiger partial charge on any atom is 0.326 e. The van der Waals surface area contributed by atoms with Crippen LogP contribution in [0, 0.1) is 12.7 Å². The average Bonchev–Trinajstić information content (AvgIpc) is 1.75. The van der Waals surface area contributed by atoms with Crippen molar-refractivity contribution >= 4 is 58.3 Å². The maximum atomic E-state index is 15.6. The molecule has 2 N–H and O–H groups in total. The predicted molar refractivity (Wildman–Crippen MR) is 338 cm³/mol. The van der Waals surface area contributed by atoms with Crippen molar-refractivity contribution in [3.05, 3.63) is 158 Å². The number of piperazine rings is 1. The molecule has 0 radical (unpaired) electrons. The molecule has 2 bridgehead atoms. The Hall–Kier alpha value is -6.81. The van der Waals surface area contributed by atoms with Crippen LogP contribution in [0.3, 0.4) is 0 Å². The van der Waals surface area contributed by atoms with Crippen LogP contribution in [0.5, 0.6) is 5.75 Å². The number of unbranched alkanes of at least 4 members (excludes halogenated alkanes) is 5. The van der Waals surface area contributed by atoms with Crippen molar-refractivity contribution in [2.24, 2.45) is 4.99 Å². The molecule has 6 aromatic rings. The standard InChI is InChI=1S/C68H83Cl2FN10O4/c1-9-85-60-41-49(66(3,4)5)25-31-55(60)63-74-67(6,47-21-26-50(69)27-22-47)68(7,48-23-28-51(70)29-24-48)81(63)65(84)78-38-36-77(37-39-78)33-15-13-11-10-12-14-18-53(82)19-16-35-80-45(2)61-46-40-59(62(72)73-43-46)79-34-17-20-58(79)56-42-52(71)30-32-54(56)64(83)76(8)44-57(61)75-80/h21-32,40-43,58H,9-20,33-39,44H2,1-8H3,(H2,72,73)/t58-,67+,68-/m1/s1. The quantitative estimate of drug-likeness (QED) is 0.0831. The number of amidine groups is 1. The Labute approximate surface area is 511 Å². The van der Waals surface area contributed by atoms with E-state index in [1.807, 2.05) is 76.9 Å².